The van der Waals surface area contributed by atoms with Crippen LogP contribution in [-0.4, -0.2) is 25.0 Å². The minimum Gasteiger partial charge on any atom is -0.358 e. The molecule has 1 saturated carbocycles. The zero-order valence-electron chi connectivity index (χ0n) is 8.60. The number of amides is 1. The Balaban J connectivity index is 2.25. The second-order valence-electron chi connectivity index (χ2n) is 3.84. The minimum atomic E-state index is -0.0481. The third kappa shape index (κ3) is 3.35. The lowest BCUT2D eigenvalue weighted by Gasteiger charge is -2.25. The maximum atomic E-state index is 11.2. The molecule has 0 radical (unpaired) electrons. The summed E-state index contributed by atoms with van der Waals surface area (Å²) >= 11 is 0. The summed E-state index contributed by atoms with van der Waals surface area (Å²) in [5.41, 5.74) is 0. The molecule has 0 saturated heterocycles. The molecular formula is C10H20N2O. The van der Waals surface area contributed by atoms with Crippen LogP contribution in [0.2, 0.25) is 0 Å². The van der Waals surface area contributed by atoms with E-state index >= 15 is 0 Å². The van der Waals surface area contributed by atoms with Gasteiger partial charge >= 0.3 is 0 Å². The first-order valence-electron chi connectivity index (χ1n) is 5.21. The van der Waals surface area contributed by atoms with Gasteiger partial charge in [-0.15, -0.1) is 0 Å². The van der Waals surface area contributed by atoms with Gasteiger partial charge in [0.1, 0.15) is 0 Å². The number of carbonyl (C=O) groups excluding carboxylic acids is 1. The Bertz CT molecular complexity index is 164. The predicted octanol–water partition coefficient (Wildman–Crippen LogP) is 1.04. The molecule has 1 aliphatic carbocycles. The lowest BCUT2D eigenvalue weighted by molar-refractivity contribution is -0.122. The number of hydrogen-bond donors (Lipinski definition) is 2. The SMILES string of the molecule is CNC(=O)C(C)NC1CCCCC1. The fourth-order valence-corrected chi connectivity index (χ4v) is 1.92. The van der Waals surface area contributed by atoms with Gasteiger partial charge in [-0.05, 0) is 19.8 Å². The van der Waals surface area contributed by atoms with Gasteiger partial charge in [0.2, 0.25) is 5.91 Å². The van der Waals surface area contributed by atoms with Crippen molar-refractivity contribution in [2.45, 2.75) is 51.1 Å². The molecule has 0 aliphatic heterocycles. The van der Waals surface area contributed by atoms with Crippen molar-refractivity contribution >= 4 is 5.91 Å². The Labute approximate surface area is 80.3 Å². The van der Waals surface area contributed by atoms with Crippen molar-refractivity contribution in [3.05, 3.63) is 0 Å². The number of nitrogens with one attached hydrogen (secondary N) is 2. The number of hydrogen-bond acceptors (Lipinski definition) is 2. The molecule has 0 heterocycles. The van der Waals surface area contributed by atoms with Crippen LogP contribution in [0, 0.1) is 0 Å². The summed E-state index contributed by atoms with van der Waals surface area (Å²) < 4.78 is 0. The van der Waals surface area contributed by atoms with Gasteiger partial charge in [-0.2, -0.15) is 0 Å². The summed E-state index contributed by atoms with van der Waals surface area (Å²) in [6.07, 6.45) is 6.41. The fraction of sp³-hybridized carbons (Fsp3) is 0.900. The third-order valence-electron chi connectivity index (χ3n) is 2.73. The molecule has 1 unspecified atom stereocenters. The van der Waals surface area contributed by atoms with Crippen LogP contribution in [0.25, 0.3) is 0 Å². The molecule has 1 fully saturated rings. The molecule has 1 aliphatic rings. The van der Waals surface area contributed by atoms with Crippen molar-refractivity contribution in [3.8, 4) is 0 Å². The second kappa shape index (κ2) is 5.22. The number of rotatable bonds is 3. The van der Waals surface area contributed by atoms with Gasteiger partial charge in [0.15, 0.2) is 0 Å². The quantitative estimate of drug-likeness (QED) is 0.688. The normalized spacial score (nSPS) is 21.1. The Kier molecular flexibility index (Phi) is 4.22. The molecule has 1 amide bonds. The van der Waals surface area contributed by atoms with Crippen molar-refractivity contribution in [1.29, 1.82) is 0 Å². The van der Waals surface area contributed by atoms with Crippen LogP contribution in [0.1, 0.15) is 39.0 Å². The van der Waals surface area contributed by atoms with Crippen molar-refractivity contribution in [3.63, 3.8) is 0 Å². The van der Waals surface area contributed by atoms with Crippen molar-refractivity contribution in [2.75, 3.05) is 7.05 Å². The van der Waals surface area contributed by atoms with Crippen LogP contribution in [0.3, 0.4) is 0 Å². The van der Waals surface area contributed by atoms with Gasteiger partial charge in [0.05, 0.1) is 6.04 Å². The summed E-state index contributed by atoms with van der Waals surface area (Å²) in [6.45, 7) is 1.92. The Morgan fingerprint density at radius 1 is 1.31 bits per heavy atom. The molecule has 13 heavy (non-hydrogen) atoms. The molecule has 76 valence electrons. The van der Waals surface area contributed by atoms with Crippen LogP contribution < -0.4 is 10.6 Å². The predicted molar refractivity (Wildman–Crippen MR) is 53.5 cm³/mol. The first kappa shape index (κ1) is 10.5. The maximum Gasteiger partial charge on any atom is 0.236 e. The van der Waals surface area contributed by atoms with E-state index in [1.165, 1.54) is 32.1 Å². The van der Waals surface area contributed by atoms with Gasteiger partial charge < -0.3 is 10.6 Å². The van der Waals surface area contributed by atoms with E-state index in [1.54, 1.807) is 7.05 Å². The summed E-state index contributed by atoms with van der Waals surface area (Å²) in [7, 11) is 1.68. The second-order valence-corrected chi connectivity index (χ2v) is 3.84. The average molecular weight is 184 g/mol. The van der Waals surface area contributed by atoms with E-state index in [4.69, 9.17) is 0 Å². The summed E-state index contributed by atoms with van der Waals surface area (Å²) in [4.78, 5) is 11.2. The van der Waals surface area contributed by atoms with Crippen LogP contribution in [-0.2, 0) is 4.79 Å². The molecule has 2 N–H and O–H groups in total. The maximum absolute atomic E-state index is 11.2. The van der Waals surface area contributed by atoms with Crippen molar-refractivity contribution in [2.24, 2.45) is 0 Å². The van der Waals surface area contributed by atoms with Gasteiger partial charge in [-0.1, -0.05) is 19.3 Å². The van der Waals surface area contributed by atoms with Crippen LogP contribution >= 0.6 is 0 Å². The molecule has 0 aromatic carbocycles. The highest BCUT2D eigenvalue weighted by molar-refractivity contribution is 5.80. The average Bonchev–Trinajstić information content (AvgIpc) is 2.18. The number of carbonyl (C=O) groups is 1. The molecule has 0 aromatic rings. The van der Waals surface area contributed by atoms with Crippen molar-refractivity contribution < 1.29 is 4.79 Å². The largest absolute Gasteiger partial charge is 0.358 e. The van der Waals surface area contributed by atoms with Crippen LogP contribution in [0.5, 0.6) is 0 Å². The highest BCUT2D eigenvalue weighted by atomic mass is 16.2. The van der Waals surface area contributed by atoms with Gasteiger partial charge in [-0.25, -0.2) is 0 Å². The lowest BCUT2D eigenvalue weighted by atomic mass is 9.95. The third-order valence-corrected chi connectivity index (χ3v) is 2.73. The van der Waals surface area contributed by atoms with Crippen LogP contribution in [0.15, 0.2) is 0 Å². The highest BCUT2D eigenvalue weighted by Crippen LogP contribution is 2.17. The van der Waals surface area contributed by atoms with E-state index in [0.717, 1.165) is 0 Å². The first-order chi connectivity index (χ1) is 6.24. The summed E-state index contributed by atoms with van der Waals surface area (Å²) in [5.74, 6) is 0.0885. The molecule has 1 rings (SSSR count). The van der Waals surface area contributed by atoms with Gasteiger partial charge in [0, 0.05) is 13.1 Å². The summed E-state index contributed by atoms with van der Waals surface area (Å²) in [5, 5.41) is 6.01. The van der Waals surface area contributed by atoms with E-state index in [0.29, 0.717) is 6.04 Å². The lowest BCUT2D eigenvalue weighted by Crippen LogP contribution is -2.46. The molecule has 0 spiro atoms. The van der Waals surface area contributed by atoms with E-state index in [2.05, 4.69) is 10.6 Å². The van der Waals surface area contributed by atoms with E-state index in [1.807, 2.05) is 6.92 Å². The van der Waals surface area contributed by atoms with E-state index in [9.17, 15) is 4.79 Å². The number of likely N-dealkylation sites (N-methyl/N-ethyl adjacent to an activating group) is 1. The molecule has 0 aromatic heterocycles. The molecular weight excluding hydrogens is 164 g/mol. The molecule has 0 bridgehead atoms. The standard InChI is InChI=1S/C10H20N2O/c1-8(10(13)11-2)12-9-6-4-3-5-7-9/h8-9,12H,3-7H2,1-2H3,(H,11,13). The smallest absolute Gasteiger partial charge is 0.236 e. The van der Waals surface area contributed by atoms with E-state index < -0.39 is 0 Å². The Hall–Kier alpha value is -0.570. The zero-order chi connectivity index (χ0) is 9.68. The monoisotopic (exact) mass is 184 g/mol. The van der Waals surface area contributed by atoms with E-state index in [-0.39, 0.29) is 11.9 Å². The summed E-state index contributed by atoms with van der Waals surface area (Å²) in [6, 6.07) is 0.508. The molecule has 3 heteroatoms. The topological polar surface area (TPSA) is 41.1 Å². The molecule has 3 nitrogen and oxygen atoms in total. The Morgan fingerprint density at radius 2 is 1.92 bits per heavy atom. The first-order valence-corrected chi connectivity index (χ1v) is 5.21. The minimum absolute atomic E-state index is 0.0481. The van der Waals surface area contributed by atoms with Gasteiger partial charge in [-0.3, -0.25) is 4.79 Å². The fourth-order valence-electron chi connectivity index (χ4n) is 1.92. The highest BCUT2D eigenvalue weighted by Gasteiger charge is 2.18. The molecule has 1 atom stereocenters. The zero-order valence-corrected chi connectivity index (χ0v) is 8.60. The van der Waals surface area contributed by atoms with Crippen LogP contribution in [0.4, 0.5) is 0 Å². The van der Waals surface area contributed by atoms with Gasteiger partial charge in [0.25, 0.3) is 0 Å². The Morgan fingerprint density at radius 3 is 2.46 bits per heavy atom. The van der Waals surface area contributed by atoms with Crippen molar-refractivity contribution in [1.82, 2.24) is 10.6 Å².